The Kier molecular flexibility index (Phi) is 4.16. The van der Waals surface area contributed by atoms with Gasteiger partial charge in [0.15, 0.2) is 0 Å². The number of rotatable bonds is 3. The van der Waals surface area contributed by atoms with Gasteiger partial charge in [-0.15, -0.1) is 0 Å². The quantitative estimate of drug-likeness (QED) is 0.503. The van der Waals surface area contributed by atoms with Crippen LogP contribution in [0.2, 0.25) is 0 Å². The van der Waals surface area contributed by atoms with Crippen LogP contribution in [0.5, 0.6) is 0 Å². The summed E-state index contributed by atoms with van der Waals surface area (Å²) in [5.41, 5.74) is 9.49. The minimum Gasteiger partial charge on any atom is -0.354 e. The number of hydrogen-bond acceptors (Lipinski definition) is 5. The van der Waals surface area contributed by atoms with E-state index < -0.39 is 0 Å². The number of benzene rings is 1. The maximum Gasteiger partial charge on any atom is 0.223 e. The Labute approximate surface area is 161 Å². The molecule has 1 aromatic carbocycles. The van der Waals surface area contributed by atoms with Gasteiger partial charge in [0.05, 0.1) is 11.2 Å². The van der Waals surface area contributed by atoms with Crippen LogP contribution in [-0.4, -0.2) is 32.0 Å². The van der Waals surface area contributed by atoms with Crippen LogP contribution in [0.4, 0.5) is 10.3 Å². The summed E-state index contributed by atoms with van der Waals surface area (Å²) < 4.78 is 13.5. The number of nitrogens with zero attached hydrogens (tertiary/aromatic N) is 3. The van der Waals surface area contributed by atoms with Crippen LogP contribution in [0.3, 0.4) is 0 Å². The first-order valence-corrected chi connectivity index (χ1v) is 9.59. The van der Waals surface area contributed by atoms with Gasteiger partial charge in [-0.25, -0.2) is 14.4 Å². The highest BCUT2D eigenvalue weighted by atomic mass is 19.1. The van der Waals surface area contributed by atoms with Crippen molar-refractivity contribution in [2.45, 2.75) is 37.8 Å². The zero-order valence-electron chi connectivity index (χ0n) is 15.3. The van der Waals surface area contributed by atoms with Crippen LogP contribution >= 0.6 is 0 Å². The SMILES string of the molecule is NC1CCCCC1Nc1ncc2cncc(-c3cc4ccc(F)cc4[nH]3)c2n1. The highest BCUT2D eigenvalue weighted by molar-refractivity contribution is 5.95. The number of fused-ring (bicyclic) bond motifs is 2. The topological polar surface area (TPSA) is 92.5 Å². The van der Waals surface area contributed by atoms with Crippen LogP contribution < -0.4 is 11.1 Å². The van der Waals surface area contributed by atoms with E-state index >= 15 is 0 Å². The molecule has 5 rings (SSSR count). The van der Waals surface area contributed by atoms with Crippen LogP contribution in [0.25, 0.3) is 33.1 Å². The molecule has 1 aliphatic rings. The molecule has 7 heteroatoms. The average Bonchev–Trinajstić information content (AvgIpc) is 3.12. The normalized spacial score (nSPS) is 19.9. The molecule has 0 saturated heterocycles. The van der Waals surface area contributed by atoms with Gasteiger partial charge in [0.25, 0.3) is 0 Å². The lowest BCUT2D eigenvalue weighted by Crippen LogP contribution is -2.42. The van der Waals surface area contributed by atoms with Crippen molar-refractivity contribution in [1.82, 2.24) is 19.9 Å². The molecule has 0 bridgehead atoms. The van der Waals surface area contributed by atoms with E-state index in [0.717, 1.165) is 45.9 Å². The van der Waals surface area contributed by atoms with Crippen molar-refractivity contribution >= 4 is 27.8 Å². The second-order valence-electron chi connectivity index (χ2n) is 7.43. The van der Waals surface area contributed by atoms with Gasteiger partial charge in [-0.1, -0.05) is 12.8 Å². The van der Waals surface area contributed by atoms with Gasteiger partial charge in [-0.2, -0.15) is 0 Å². The van der Waals surface area contributed by atoms with E-state index in [1.54, 1.807) is 24.7 Å². The molecule has 3 aromatic heterocycles. The molecule has 142 valence electrons. The van der Waals surface area contributed by atoms with Crippen LogP contribution in [0.1, 0.15) is 25.7 Å². The van der Waals surface area contributed by atoms with Crippen molar-refractivity contribution in [3.05, 3.63) is 48.7 Å². The fourth-order valence-corrected chi connectivity index (χ4v) is 3.97. The van der Waals surface area contributed by atoms with Gasteiger partial charge in [0.1, 0.15) is 5.82 Å². The monoisotopic (exact) mass is 376 g/mol. The maximum atomic E-state index is 13.5. The Morgan fingerprint density at radius 3 is 2.86 bits per heavy atom. The van der Waals surface area contributed by atoms with Crippen molar-refractivity contribution < 1.29 is 4.39 Å². The maximum absolute atomic E-state index is 13.5. The third-order valence-corrected chi connectivity index (χ3v) is 5.50. The standard InChI is InChI=1S/C21H21FN6/c22-14-6-5-12-7-19(26-18(12)8-14)15-11-24-9-13-10-25-21(28-20(13)15)27-17-4-2-1-3-16(17)23/h5-11,16-17,26H,1-4,23H2,(H,25,27,28). The van der Waals surface area contributed by atoms with E-state index in [1.165, 1.54) is 25.0 Å². The fraction of sp³-hybridized carbons (Fsp3) is 0.286. The van der Waals surface area contributed by atoms with Gasteiger partial charge in [0.2, 0.25) is 5.95 Å². The molecule has 6 nitrogen and oxygen atoms in total. The predicted molar refractivity (Wildman–Crippen MR) is 108 cm³/mol. The molecule has 1 saturated carbocycles. The van der Waals surface area contributed by atoms with E-state index in [1.807, 2.05) is 6.07 Å². The summed E-state index contributed by atoms with van der Waals surface area (Å²) in [6.45, 7) is 0. The van der Waals surface area contributed by atoms with Gasteiger partial charge in [-0.3, -0.25) is 4.98 Å². The molecule has 0 radical (unpaired) electrons. The van der Waals surface area contributed by atoms with Crippen molar-refractivity contribution in [2.75, 3.05) is 5.32 Å². The number of H-pyrrole nitrogens is 1. The molecule has 4 aromatic rings. The first-order chi connectivity index (χ1) is 13.7. The fourth-order valence-electron chi connectivity index (χ4n) is 3.97. The van der Waals surface area contributed by atoms with Crippen LogP contribution in [-0.2, 0) is 0 Å². The summed E-state index contributed by atoms with van der Waals surface area (Å²) >= 11 is 0. The summed E-state index contributed by atoms with van der Waals surface area (Å²) in [5, 5.41) is 5.19. The Bertz CT molecular complexity index is 1150. The molecule has 0 amide bonds. The molecule has 4 N–H and O–H groups in total. The van der Waals surface area contributed by atoms with E-state index in [9.17, 15) is 4.39 Å². The predicted octanol–water partition coefficient (Wildman–Crippen LogP) is 3.99. The van der Waals surface area contributed by atoms with Gasteiger partial charge in [-0.05, 0) is 37.1 Å². The summed E-state index contributed by atoms with van der Waals surface area (Å²) in [4.78, 5) is 16.8. The van der Waals surface area contributed by atoms with Crippen LogP contribution in [0.15, 0.2) is 42.9 Å². The van der Waals surface area contributed by atoms with Crippen molar-refractivity contribution in [3.63, 3.8) is 0 Å². The summed E-state index contributed by atoms with van der Waals surface area (Å²) in [7, 11) is 0. The largest absolute Gasteiger partial charge is 0.354 e. The first kappa shape index (κ1) is 17.1. The van der Waals surface area contributed by atoms with Crippen LogP contribution in [0, 0.1) is 5.82 Å². The molecular formula is C21H21FN6. The lowest BCUT2D eigenvalue weighted by atomic mass is 9.91. The number of halogens is 1. The third kappa shape index (κ3) is 3.07. The van der Waals surface area contributed by atoms with Crippen molar-refractivity contribution in [3.8, 4) is 11.3 Å². The van der Waals surface area contributed by atoms with Gasteiger partial charge >= 0.3 is 0 Å². The summed E-state index contributed by atoms with van der Waals surface area (Å²) in [5.74, 6) is 0.305. The zero-order valence-corrected chi connectivity index (χ0v) is 15.3. The number of nitrogens with two attached hydrogens (primary N) is 1. The van der Waals surface area contributed by atoms with E-state index in [4.69, 9.17) is 10.7 Å². The lowest BCUT2D eigenvalue weighted by molar-refractivity contribution is 0.402. The minimum absolute atomic E-state index is 0.119. The lowest BCUT2D eigenvalue weighted by Gasteiger charge is -2.29. The smallest absolute Gasteiger partial charge is 0.223 e. The van der Waals surface area contributed by atoms with Crippen molar-refractivity contribution in [1.29, 1.82) is 0 Å². The van der Waals surface area contributed by atoms with Gasteiger partial charge < -0.3 is 16.0 Å². The number of nitrogens with one attached hydrogen (secondary N) is 2. The van der Waals surface area contributed by atoms with Crippen molar-refractivity contribution in [2.24, 2.45) is 5.73 Å². The highest BCUT2D eigenvalue weighted by Gasteiger charge is 2.22. The summed E-state index contributed by atoms with van der Waals surface area (Å²) in [6.07, 6.45) is 9.68. The molecule has 2 unspecified atom stereocenters. The molecule has 0 aliphatic heterocycles. The number of aromatic amines is 1. The first-order valence-electron chi connectivity index (χ1n) is 9.59. The Morgan fingerprint density at radius 1 is 1.07 bits per heavy atom. The molecule has 3 heterocycles. The number of anilines is 1. The molecule has 1 aliphatic carbocycles. The summed E-state index contributed by atoms with van der Waals surface area (Å²) in [6, 6.07) is 7.00. The molecule has 28 heavy (non-hydrogen) atoms. The Hall–Kier alpha value is -3.06. The Morgan fingerprint density at radius 2 is 1.96 bits per heavy atom. The third-order valence-electron chi connectivity index (χ3n) is 5.50. The highest BCUT2D eigenvalue weighted by Crippen LogP contribution is 2.29. The van der Waals surface area contributed by atoms with E-state index in [2.05, 4.69) is 20.3 Å². The van der Waals surface area contributed by atoms with E-state index in [0.29, 0.717) is 5.95 Å². The molecule has 1 fully saturated rings. The second-order valence-corrected chi connectivity index (χ2v) is 7.43. The zero-order chi connectivity index (χ0) is 19.1. The number of hydrogen-bond donors (Lipinski definition) is 3. The van der Waals surface area contributed by atoms with E-state index in [-0.39, 0.29) is 17.9 Å². The van der Waals surface area contributed by atoms with Gasteiger partial charge in [0, 0.05) is 52.5 Å². The molecule has 0 spiro atoms. The second kappa shape index (κ2) is 6.83. The number of aromatic nitrogens is 4. The Balaban J connectivity index is 1.56. The molecule has 2 atom stereocenters. The number of pyridine rings is 1. The minimum atomic E-state index is -0.269. The average molecular weight is 376 g/mol. The molecular weight excluding hydrogens is 355 g/mol.